The van der Waals surface area contributed by atoms with Gasteiger partial charge in [0.1, 0.15) is 0 Å². The minimum atomic E-state index is 0.714. The van der Waals surface area contributed by atoms with Crippen LogP contribution in [0.3, 0.4) is 0 Å². The molecule has 4 heteroatoms. The van der Waals surface area contributed by atoms with E-state index >= 15 is 0 Å². The monoisotopic (exact) mass is 392 g/mol. The Labute approximate surface area is 175 Å². The molecule has 0 amide bonds. The number of likely N-dealkylation sites (tertiary alicyclic amines) is 2. The number of hydrogen-bond donors (Lipinski definition) is 0. The third-order valence-electron chi connectivity index (χ3n) is 7.63. The van der Waals surface area contributed by atoms with Gasteiger partial charge in [-0.15, -0.1) is 0 Å². The van der Waals surface area contributed by atoms with Gasteiger partial charge in [-0.25, -0.2) is 0 Å². The molecule has 3 aliphatic heterocycles. The maximum absolute atomic E-state index is 2.80. The smallest absolute Gasteiger partial charge is 0.0121 e. The minimum Gasteiger partial charge on any atom is -0.303 e. The Morgan fingerprint density at radius 1 is 0.714 bits per heavy atom. The molecule has 0 N–H and O–H groups in total. The first-order valence-electron chi connectivity index (χ1n) is 12.4. The molecule has 28 heavy (non-hydrogen) atoms. The molecule has 3 heterocycles. The number of piperazine rings is 1. The normalized spacial score (nSPS) is 25.9. The molecule has 3 saturated heterocycles. The van der Waals surface area contributed by atoms with Crippen molar-refractivity contribution in [3.05, 3.63) is 0 Å². The molecule has 0 spiro atoms. The van der Waals surface area contributed by atoms with Gasteiger partial charge in [-0.1, -0.05) is 13.8 Å². The van der Waals surface area contributed by atoms with Gasteiger partial charge >= 0.3 is 0 Å². The van der Waals surface area contributed by atoms with Crippen LogP contribution in [-0.2, 0) is 0 Å². The average Bonchev–Trinajstić information content (AvgIpc) is 2.70. The van der Waals surface area contributed by atoms with Crippen LogP contribution in [0, 0.1) is 11.8 Å². The van der Waals surface area contributed by atoms with E-state index in [1.807, 2.05) is 0 Å². The molecule has 0 saturated carbocycles. The predicted octanol–water partition coefficient (Wildman–Crippen LogP) is 3.63. The van der Waals surface area contributed by atoms with E-state index in [2.05, 4.69) is 47.3 Å². The highest BCUT2D eigenvalue weighted by Crippen LogP contribution is 2.23. The molecular weight excluding hydrogens is 344 g/mol. The van der Waals surface area contributed by atoms with Gasteiger partial charge in [0, 0.05) is 44.8 Å². The summed E-state index contributed by atoms with van der Waals surface area (Å²) in [6, 6.07) is 1.57. The van der Waals surface area contributed by atoms with Crippen LogP contribution < -0.4 is 0 Å². The SMILES string of the molecule is CC(C)CCCN1CCC(CN2CCC(N3CCN(C(C)C)CC3)CC2)CC1. The van der Waals surface area contributed by atoms with Crippen molar-refractivity contribution in [2.45, 2.75) is 78.3 Å². The molecule has 0 aromatic rings. The Hall–Kier alpha value is -0.160. The van der Waals surface area contributed by atoms with Crippen LogP contribution in [-0.4, -0.2) is 97.1 Å². The van der Waals surface area contributed by atoms with Crippen molar-refractivity contribution < 1.29 is 0 Å². The lowest BCUT2D eigenvalue weighted by molar-refractivity contribution is 0.0421. The lowest BCUT2D eigenvalue weighted by Gasteiger charge is -2.44. The van der Waals surface area contributed by atoms with Crippen molar-refractivity contribution in [3.8, 4) is 0 Å². The molecule has 4 nitrogen and oxygen atoms in total. The zero-order chi connectivity index (χ0) is 19.9. The number of nitrogens with zero attached hydrogens (tertiary/aromatic N) is 4. The van der Waals surface area contributed by atoms with Crippen LogP contribution in [0.1, 0.15) is 66.2 Å². The fraction of sp³-hybridized carbons (Fsp3) is 1.00. The Morgan fingerprint density at radius 2 is 1.32 bits per heavy atom. The summed E-state index contributed by atoms with van der Waals surface area (Å²) in [5, 5.41) is 0. The molecule has 0 radical (unpaired) electrons. The Balaban J connectivity index is 1.28. The Morgan fingerprint density at radius 3 is 1.89 bits per heavy atom. The van der Waals surface area contributed by atoms with E-state index in [4.69, 9.17) is 0 Å². The Kier molecular flexibility index (Phi) is 9.08. The largest absolute Gasteiger partial charge is 0.303 e. The summed E-state index contributed by atoms with van der Waals surface area (Å²) < 4.78 is 0. The summed E-state index contributed by atoms with van der Waals surface area (Å²) in [6.07, 6.45) is 8.44. The summed E-state index contributed by atoms with van der Waals surface area (Å²) in [5.41, 5.74) is 0. The number of rotatable bonds is 8. The van der Waals surface area contributed by atoms with Crippen molar-refractivity contribution in [1.29, 1.82) is 0 Å². The molecule has 0 aliphatic carbocycles. The Bertz CT molecular complexity index is 414. The molecular formula is C24H48N4. The highest BCUT2D eigenvalue weighted by atomic mass is 15.3. The van der Waals surface area contributed by atoms with Gasteiger partial charge < -0.3 is 9.80 Å². The maximum atomic E-state index is 2.80. The highest BCUT2D eigenvalue weighted by molar-refractivity contribution is 4.85. The third-order valence-corrected chi connectivity index (χ3v) is 7.63. The second-order valence-electron chi connectivity index (χ2n) is 10.5. The molecule has 164 valence electrons. The first kappa shape index (κ1) is 22.5. The van der Waals surface area contributed by atoms with Gasteiger partial charge in [-0.3, -0.25) is 9.80 Å². The topological polar surface area (TPSA) is 13.0 Å². The van der Waals surface area contributed by atoms with Crippen LogP contribution in [0.4, 0.5) is 0 Å². The van der Waals surface area contributed by atoms with E-state index in [0.717, 1.165) is 17.9 Å². The molecule has 0 aromatic carbocycles. The average molecular weight is 393 g/mol. The summed E-state index contributed by atoms with van der Waals surface area (Å²) in [7, 11) is 0. The second-order valence-corrected chi connectivity index (χ2v) is 10.5. The van der Waals surface area contributed by atoms with E-state index < -0.39 is 0 Å². The molecule has 3 fully saturated rings. The first-order valence-corrected chi connectivity index (χ1v) is 12.4. The van der Waals surface area contributed by atoms with E-state index in [-0.39, 0.29) is 0 Å². The predicted molar refractivity (Wildman–Crippen MR) is 121 cm³/mol. The van der Waals surface area contributed by atoms with Gasteiger partial charge in [0.05, 0.1) is 0 Å². The van der Waals surface area contributed by atoms with Crippen LogP contribution in [0.25, 0.3) is 0 Å². The summed E-state index contributed by atoms with van der Waals surface area (Å²) in [4.78, 5) is 11.0. The summed E-state index contributed by atoms with van der Waals surface area (Å²) in [6.45, 7) is 22.6. The zero-order valence-corrected chi connectivity index (χ0v) is 19.4. The number of piperidine rings is 2. The number of hydrogen-bond acceptors (Lipinski definition) is 4. The van der Waals surface area contributed by atoms with Gasteiger partial charge in [-0.2, -0.15) is 0 Å². The maximum Gasteiger partial charge on any atom is 0.0121 e. The van der Waals surface area contributed by atoms with Crippen molar-refractivity contribution >= 4 is 0 Å². The van der Waals surface area contributed by atoms with E-state index in [1.54, 1.807) is 0 Å². The van der Waals surface area contributed by atoms with Gasteiger partial charge in [0.2, 0.25) is 0 Å². The fourth-order valence-electron chi connectivity index (χ4n) is 5.57. The van der Waals surface area contributed by atoms with E-state index in [0.29, 0.717) is 6.04 Å². The van der Waals surface area contributed by atoms with Crippen LogP contribution in [0.5, 0.6) is 0 Å². The minimum absolute atomic E-state index is 0.714. The molecule has 0 unspecified atom stereocenters. The highest BCUT2D eigenvalue weighted by Gasteiger charge is 2.29. The molecule has 0 bridgehead atoms. The van der Waals surface area contributed by atoms with Crippen LogP contribution in [0.2, 0.25) is 0 Å². The molecule has 3 aliphatic rings. The van der Waals surface area contributed by atoms with Crippen molar-refractivity contribution in [2.24, 2.45) is 11.8 Å². The lowest BCUT2D eigenvalue weighted by atomic mass is 9.94. The van der Waals surface area contributed by atoms with E-state index in [1.165, 1.54) is 104 Å². The quantitative estimate of drug-likeness (QED) is 0.625. The van der Waals surface area contributed by atoms with Gasteiger partial charge in [0.25, 0.3) is 0 Å². The van der Waals surface area contributed by atoms with E-state index in [9.17, 15) is 0 Å². The standard InChI is InChI=1S/C24H48N4/c1-21(2)6-5-11-25-12-7-23(8-13-25)20-26-14-9-24(10-15-26)28-18-16-27(17-19-28)22(3)4/h21-24H,5-20H2,1-4H3. The molecule has 0 atom stereocenters. The van der Waals surface area contributed by atoms with Crippen molar-refractivity contribution in [2.75, 3.05) is 65.4 Å². The van der Waals surface area contributed by atoms with Gasteiger partial charge in [0.15, 0.2) is 0 Å². The molecule has 3 rings (SSSR count). The van der Waals surface area contributed by atoms with Gasteiger partial charge in [-0.05, 0) is 96.9 Å². The molecule has 0 aromatic heterocycles. The second kappa shape index (κ2) is 11.3. The first-order chi connectivity index (χ1) is 13.5. The lowest BCUT2D eigenvalue weighted by Crippen LogP contribution is -2.54. The summed E-state index contributed by atoms with van der Waals surface area (Å²) in [5.74, 6) is 1.81. The third kappa shape index (κ3) is 6.97. The van der Waals surface area contributed by atoms with Crippen molar-refractivity contribution in [3.63, 3.8) is 0 Å². The van der Waals surface area contributed by atoms with Crippen molar-refractivity contribution in [1.82, 2.24) is 19.6 Å². The fourth-order valence-corrected chi connectivity index (χ4v) is 5.57. The zero-order valence-electron chi connectivity index (χ0n) is 19.4. The van der Waals surface area contributed by atoms with Crippen LogP contribution in [0.15, 0.2) is 0 Å². The summed E-state index contributed by atoms with van der Waals surface area (Å²) >= 11 is 0. The van der Waals surface area contributed by atoms with Crippen LogP contribution >= 0.6 is 0 Å².